The summed E-state index contributed by atoms with van der Waals surface area (Å²) >= 11 is 1.41. The van der Waals surface area contributed by atoms with Gasteiger partial charge >= 0.3 is 0 Å². The van der Waals surface area contributed by atoms with Gasteiger partial charge in [-0.3, -0.25) is 19.3 Å². The minimum absolute atomic E-state index is 0.0916. The molecule has 0 radical (unpaired) electrons. The minimum Gasteiger partial charge on any atom is -0.352 e. The SMILES string of the molecule is Cc1ccc(-n2c(SCC(=O)N3CCN(c4cnccn4)CC3)nnc2-c2ccncc2)cc1C. The number of aromatic nitrogens is 6. The van der Waals surface area contributed by atoms with E-state index in [4.69, 9.17) is 0 Å². The van der Waals surface area contributed by atoms with Gasteiger partial charge in [-0.2, -0.15) is 0 Å². The molecule has 1 amide bonds. The van der Waals surface area contributed by atoms with Crippen LogP contribution in [0.1, 0.15) is 11.1 Å². The van der Waals surface area contributed by atoms with Gasteiger partial charge in [0.1, 0.15) is 5.82 Å². The highest BCUT2D eigenvalue weighted by Gasteiger charge is 2.23. The molecule has 0 bridgehead atoms. The second-order valence-corrected chi connectivity index (χ2v) is 9.31. The van der Waals surface area contributed by atoms with Crippen molar-refractivity contribution in [3.05, 3.63) is 72.4 Å². The lowest BCUT2D eigenvalue weighted by Gasteiger charge is -2.35. The molecule has 3 aromatic heterocycles. The van der Waals surface area contributed by atoms with Crippen molar-refractivity contribution >= 4 is 23.5 Å². The van der Waals surface area contributed by atoms with E-state index in [2.05, 4.69) is 62.1 Å². The second kappa shape index (κ2) is 10.2. The van der Waals surface area contributed by atoms with Gasteiger partial charge < -0.3 is 9.80 Å². The van der Waals surface area contributed by atoms with Gasteiger partial charge in [-0.05, 0) is 49.2 Å². The average molecular weight is 487 g/mol. The normalized spacial score (nSPS) is 13.8. The Bertz CT molecular complexity index is 1300. The molecule has 35 heavy (non-hydrogen) atoms. The first-order chi connectivity index (χ1) is 17.1. The van der Waals surface area contributed by atoms with Crippen LogP contribution in [-0.2, 0) is 4.79 Å². The summed E-state index contributed by atoms with van der Waals surface area (Å²) in [5.74, 6) is 1.96. The van der Waals surface area contributed by atoms with Crippen LogP contribution in [0.5, 0.6) is 0 Å². The number of hydrogen-bond acceptors (Lipinski definition) is 8. The third-order valence-corrected chi connectivity index (χ3v) is 7.06. The summed E-state index contributed by atoms with van der Waals surface area (Å²) in [7, 11) is 0. The number of anilines is 1. The maximum absolute atomic E-state index is 13.0. The standard InChI is InChI=1S/C25H26N8OS/c1-18-3-4-21(15-19(18)2)33-24(20-5-7-26-8-6-20)29-30-25(33)35-17-23(34)32-13-11-31(12-14-32)22-16-27-9-10-28-22/h3-10,15-16H,11-14,17H2,1-2H3. The molecule has 0 saturated carbocycles. The lowest BCUT2D eigenvalue weighted by Crippen LogP contribution is -2.49. The number of carbonyl (C=O) groups is 1. The zero-order valence-electron chi connectivity index (χ0n) is 19.7. The highest BCUT2D eigenvalue weighted by Crippen LogP contribution is 2.29. The number of thioether (sulfide) groups is 1. The zero-order chi connectivity index (χ0) is 24.2. The van der Waals surface area contributed by atoms with E-state index in [9.17, 15) is 4.79 Å². The number of benzene rings is 1. The molecule has 1 aliphatic rings. The second-order valence-electron chi connectivity index (χ2n) is 8.37. The van der Waals surface area contributed by atoms with Crippen molar-refractivity contribution in [2.75, 3.05) is 36.8 Å². The van der Waals surface area contributed by atoms with Gasteiger partial charge in [-0.1, -0.05) is 17.8 Å². The minimum atomic E-state index is 0.0916. The Morgan fingerprint density at radius 2 is 1.71 bits per heavy atom. The van der Waals surface area contributed by atoms with Crippen LogP contribution >= 0.6 is 11.8 Å². The molecule has 0 spiro atoms. The van der Waals surface area contributed by atoms with Crippen LogP contribution in [-0.4, -0.2) is 72.5 Å². The molecule has 0 unspecified atom stereocenters. The molecule has 178 valence electrons. The Labute approximate surface area is 208 Å². The van der Waals surface area contributed by atoms with Crippen LogP contribution in [0.4, 0.5) is 5.82 Å². The van der Waals surface area contributed by atoms with Crippen molar-refractivity contribution < 1.29 is 4.79 Å². The maximum Gasteiger partial charge on any atom is 0.233 e. The Kier molecular flexibility index (Phi) is 6.71. The van der Waals surface area contributed by atoms with Gasteiger partial charge in [0, 0.05) is 56.5 Å². The van der Waals surface area contributed by atoms with Crippen LogP contribution in [0.2, 0.25) is 0 Å². The summed E-state index contributed by atoms with van der Waals surface area (Å²) in [6.45, 7) is 6.96. The quantitative estimate of drug-likeness (QED) is 0.384. The first-order valence-corrected chi connectivity index (χ1v) is 12.4. The van der Waals surface area contributed by atoms with Crippen molar-refractivity contribution in [1.82, 2.24) is 34.6 Å². The van der Waals surface area contributed by atoms with E-state index in [-0.39, 0.29) is 5.91 Å². The molecule has 1 fully saturated rings. The van der Waals surface area contributed by atoms with Crippen LogP contribution < -0.4 is 4.90 Å². The number of hydrogen-bond donors (Lipinski definition) is 0. The average Bonchev–Trinajstić information content (AvgIpc) is 3.34. The fourth-order valence-corrected chi connectivity index (χ4v) is 4.86. The third-order valence-electron chi connectivity index (χ3n) is 6.15. The van der Waals surface area contributed by atoms with Gasteiger partial charge in [-0.15, -0.1) is 10.2 Å². The zero-order valence-corrected chi connectivity index (χ0v) is 20.5. The van der Waals surface area contributed by atoms with E-state index in [1.165, 1.54) is 22.9 Å². The number of rotatable bonds is 6. The molecule has 0 atom stereocenters. The van der Waals surface area contributed by atoms with Crippen molar-refractivity contribution in [1.29, 1.82) is 0 Å². The van der Waals surface area contributed by atoms with E-state index in [0.29, 0.717) is 24.0 Å². The molecular weight excluding hydrogens is 460 g/mol. The van der Waals surface area contributed by atoms with E-state index in [1.807, 2.05) is 21.6 Å². The van der Waals surface area contributed by atoms with Gasteiger partial charge in [0.25, 0.3) is 0 Å². The Balaban J connectivity index is 1.32. The van der Waals surface area contributed by atoms with Crippen LogP contribution in [0.3, 0.4) is 0 Å². The van der Waals surface area contributed by atoms with E-state index >= 15 is 0 Å². The number of pyridine rings is 1. The molecule has 4 heterocycles. The molecule has 0 aliphatic carbocycles. The van der Waals surface area contributed by atoms with E-state index in [1.54, 1.807) is 31.0 Å². The van der Waals surface area contributed by atoms with Gasteiger partial charge in [0.15, 0.2) is 11.0 Å². The Morgan fingerprint density at radius 1 is 0.914 bits per heavy atom. The van der Waals surface area contributed by atoms with Crippen molar-refractivity contribution in [3.8, 4) is 17.1 Å². The van der Waals surface area contributed by atoms with Gasteiger partial charge in [-0.25, -0.2) is 4.98 Å². The van der Waals surface area contributed by atoms with Gasteiger partial charge in [0.05, 0.1) is 17.6 Å². The predicted octanol–water partition coefficient (Wildman–Crippen LogP) is 3.18. The van der Waals surface area contributed by atoms with Gasteiger partial charge in [0.2, 0.25) is 5.91 Å². The molecular formula is C25H26N8OS. The summed E-state index contributed by atoms with van der Waals surface area (Å²) in [4.78, 5) is 29.7. The number of amides is 1. The topological polar surface area (TPSA) is 92.9 Å². The largest absolute Gasteiger partial charge is 0.352 e. The van der Waals surface area contributed by atoms with Crippen molar-refractivity contribution in [2.45, 2.75) is 19.0 Å². The molecule has 5 rings (SSSR count). The third kappa shape index (κ3) is 5.02. The number of nitrogens with zero attached hydrogens (tertiary/aromatic N) is 8. The maximum atomic E-state index is 13.0. The highest BCUT2D eigenvalue weighted by molar-refractivity contribution is 7.99. The summed E-state index contributed by atoms with van der Waals surface area (Å²) < 4.78 is 2.02. The molecule has 10 heteroatoms. The van der Waals surface area contributed by atoms with Crippen LogP contribution in [0.25, 0.3) is 17.1 Å². The van der Waals surface area contributed by atoms with Crippen molar-refractivity contribution in [3.63, 3.8) is 0 Å². The lowest BCUT2D eigenvalue weighted by atomic mass is 10.1. The highest BCUT2D eigenvalue weighted by atomic mass is 32.2. The van der Waals surface area contributed by atoms with E-state index < -0.39 is 0 Å². The van der Waals surface area contributed by atoms with Crippen LogP contribution in [0, 0.1) is 13.8 Å². The first-order valence-electron chi connectivity index (χ1n) is 11.4. The number of piperazine rings is 1. The molecule has 9 nitrogen and oxygen atoms in total. The number of carbonyl (C=O) groups excluding carboxylic acids is 1. The molecule has 1 saturated heterocycles. The molecule has 0 N–H and O–H groups in total. The predicted molar refractivity (Wildman–Crippen MR) is 136 cm³/mol. The molecule has 4 aromatic rings. The van der Waals surface area contributed by atoms with E-state index in [0.717, 1.165) is 36.0 Å². The Morgan fingerprint density at radius 3 is 2.43 bits per heavy atom. The molecule has 1 aliphatic heterocycles. The first kappa shape index (κ1) is 23.0. The Hall–Kier alpha value is -3.79. The number of aryl methyl sites for hydroxylation is 2. The summed E-state index contributed by atoms with van der Waals surface area (Å²) in [5.41, 5.74) is 4.30. The van der Waals surface area contributed by atoms with Crippen molar-refractivity contribution in [2.24, 2.45) is 0 Å². The summed E-state index contributed by atoms with van der Waals surface area (Å²) in [6.07, 6.45) is 8.59. The lowest BCUT2D eigenvalue weighted by molar-refractivity contribution is -0.128. The van der Waals surface area contributed by atoms with Crippen LogP contribution in [0.15, 0.2) is 66.5 Å². The summed E-state index contributed by atoms with van der Waals surface area (Å²) in [6, 6.07) is 10.1. The monoisotopic (exact) mass is 486 g/mol. The fourth-order valence-electron chi connectivity index (χ4n) is 4.01. The smallest absolute Gasteiger partial charge is 0.233 e. The fraction of sp³-hybridized carbons (Fsp3) is 0.280. The molecule has 1 aromatic carbocycles. The summed E-state index contributed by atoms with van der Waals surface area (Å²) in [5, 5.41) is 9.61.